The molecule has 0 aromatic heterocycles. The molecular weight excluding hydrogens is 289 g/mol. The van der Waals surface area contributed by atoms with Crippen LogP contribution in [-0.2, 0) is 9.05 Å². The van der Waals surface area contributed by atoms with Gasteiger partial charge >= 0.3 is 0 Å². The minimum absolute atomic E-state index is 0.00854. The van der Waals surface area contributed by atoms with Crippen molar-refractivity contribution in [1.29, 1.82) is 0 Å². The number of hydrogen-bond donors (Lipinski definition) is 1. The predicted molar refractivity (Wildman–Crippen MR) is 73.4 cm³/mol. The standard InChI is InChI=1S/C13H17ClFNO2S/c1-2-11(9-5-6-16-8-9)12-7-10(15)3-4-13(12)19(14,17)18/h3-4,7,9,11,16H,2,5-6,8H2,1H3/t9?,11-/m0/s1. The first-order valence-electron chi connectivity index (χ1n) is 6.38. The summed E-state index contributed by atoms with van der Waals surface area (Å²) >= 11 is 0. The van der Waals surface area contributed by atoms with E-state index in [2.05, 4.69) is 5.32 Å². The van der Waals surface area contributed by atoms with Gasteiger partial charge in [0.25, 0.3) is 9.05 Å². The fourth-order valence-electron chi connectivity index (χ4n) is 2.86. The molecule has 0 amide bonds. The molecule has 1 heterocycles. The smallest absolute Gasteiger partial charge is 0.261 e. The van der Waals surface area contributed by atoms with Gasteiger partial charge in [0.1, 0.15) is 5.82 Å². The van der Waals surface area contributed by atoms with Gasteiger partial charge in [-0.1, -0.05) is 6.92 Å². The van der Waals surface area contributed by atoms with Gasteiger partial charge in [0.05, 0.1) is 4.90 Å². The Morgan fingerprint density at radius 2 is 2.26 bits per heavy atom. The van der Waals surface area contributed by atoms with E-state index >= 15 is 0 Å². The Hall–Kier alpha value is -0.650. The Kier molecular flexibility index (Phi) is 4.48. The number of hydrogen-bond acceptors (Lipinski definition) is 3. The molecule has 0 spiro atoms. The van der Waals surface area contributed by atoms with E-state index < -0.39 is 14.9 Å². The quantitative estimate of drug-likeness (QED) is 0.870. The fourth-order valence-corrected chi connectivity index (χ4v) is 4.00. The highest BCUT2D eigenvalue weighted by atomic mass is 35.7. The van der Waals surface area contributed by atoms with Crippen LogP contribution in [0.4, 0.5) is 4.39 Å². The molecule has 1 fully saturated rings. The Balaban J connectivity index is 2.49. The van der Waals surface area contributed by atoms with Gasteiger partial charge in [-0.3, -0.25) is 0 Å². The van der Waals surface area contributed by atoms with Crippen LogP contribution < -0.4 is 5.32 Å². The van der Waals surface area contributed by atoms with Gasteiger partial charge in [-0.05, 0) is 61.5 Å². The molecule has 106 valence electrons. The van der Waals surface area contributed by atoms with Crippen molar-refractivity contribution in [3.05, 3.63) is 29.6 Å². The van der Waals surface area contributed by atoms with Gasteiger partial charge in [-0.2, -0.15) is 0 Å². The van der Waals surface area contributed by atoms with Gasteiger partial charge in [0, 0.05) is 10.7 Å². The van der Waals surface area contributed by atoms with E-state index in [-0.39, 0.29) is 10.8 Å². The van der Waals surface area contributed by atoms with E-state index in [9.17, 15) is 12.8 Å². The molecule has 3 nitrogen and oxygen atoms in total. The Morgan fingerprint density at radius 1 is 1.53 bits per heavy atom. The third-order valence-corrected chi connectivity index (χ3v) is 5.14. The first-order chi connectivity index (χ1) is 8.93. The average molecular weight is 306 g/mol. The molecule has 1 unspecified atom stereocenters. The third-order valence-electron chi connectivity index (χ3n) is 3.74. The first kappa shape index (κ1) is 14.8. The molecule has 0 bridgehead atoms. The van der Waals surface area contributed by atoms with Crippen LogP contribution >= 0.6 is 10.7 Å². The zero-order valence-electron chi connectivity index (χ0n) is 10.7. The van der Waals surface area contributed by atoms with Crippen molar-refractivity contribution < 1.29 is 12.8 Å². The lowest BCUT2D eigenvalue weighted by atomic mass is 9.83. The van der Waals surface area contributed by atoms with E-state index in [1.165, 1.54) is 12.1 Å². The monoisotopic (exact) mass is 305 g/mol. The van der Waals surface area contributed by atoms with Crippen LogP contribution in [0.1, 0.15) is 31.2 Å². The topological polar surface area (TPSA) is 46.2 Å². The minimum atomic E-state index is -3.85. The van der Waals surface area contributed by atoms with E-state index in [1.807, 2.05) is 6.92 Å². The molecule has 0 radical (unpaired) electrons. The fraction of sp³-hybridized carbons (Fsp3) is 0.538. The summed E-state index contributed by atoms with van der Waals surface area (Å²) < 4.78 is 36.7. The number of nitrogens with one attached hydrogen (secondary N) is 1. The van der Waals surface area contributed by atoms with Crippen LogP contribution in [0, 0.1) is 11.7 Å². The molecule has 1 aliphatic rings. The van der Waals surface area contributed by atoms with Crippen molar-refractivity contribution in [2.24, 2.45) is 5.92 Å². The molecule has 0 aliphatic carbocycles. The second-order valence-corrected chi connectivity index (χ2v) is 7.42. The Bertz CT molecular complexity index is 556. The highest BCUT2D eigenvalue weighted by molar-refractivity contribution is 8.13. The lowest BCUT2D eigenvalue weighted by molar-refractivity contribution is 0.438. The zero-order chi connectivity index (χ0) is 14.0. The molecule has 0 saturated carbocycles. The molecule has 2 rings (SSSR count). The van der Waals surface area contributed by atoms with E-state index in [0.29, 0.717) is 11.5 Å². The van der Waals surface area contributed by atoms with Gasteiger partial charge in [-0.25, -0.2) is 12.8 Å². The molecule has 1 aromatic carbocycles. The molecule has 1 N–H and O–H groups in total. The maximum Gasteiger partial charge on any atom is 0.261 e. The van der Waals surface area contributed by atoms with Crippen LogP contribution in [0.2, 0.25) is 0 Å². The maximum absolute atomic E-state index is 13.5. The molecule has 1 aliphatic heterocycles. The Morgan fingerprint density at radius 3 is 2.79 bits per heavy atom. The summed E-state index contributed by atoms with van der Waals surface area (Å²) in [6.45, 7) is 3.73. The number of benzene rings is 1. The van der Waals surface area contributed by atoms with Gasteiger partial charge in [-0.15, -0.1) is 0 Å². The summed E-state index contributed by atoms with van der Waals surface area (Å²) in [5.74, 6) is -0.0957. The van der Waals surface area contributed by atoms with Crippen molar-refractivity contribution in [3.8, 4) is 0 Å². The van der Waals surface area contributed by atoms with Crippen molar-refractivity contribution in [1.82, 2.24) is 5.32 Å². The third kappa shape index (κ3) is 3.27. The molecule has 6 heteroatoms. The predicted octanol–water partition coefficient (Wildman–Crippen LogP) is 2.86. The van der Waals surface area contributed by atoms with Gasteiger partial charge < -0.3 is 5.32 Å². The largest absolute Gasteiger partial charge is 0.316 e. The second kappa shape index (κ2) is 5.77. The van der Waals surface area contributed by atoms with Gasteiger partial charge in [0.2, 0.25) is 0 Å². The zero-order valence-corrected chi connectivity index (χ0v) is 12.3. The SMILES string of the molecule is CC[C@H](c1cc(F)ccc1S(=O)(=O)Cl)C1CCNC1. The molecular formula is C13H17ClFNO2S. The highest BCUT2D eigenvalue weighted by Gasteiger charge is 2.29. The highest BCUT2D eigenvalue weighted by Crippen LogP contribution is 2.36. The van der Waals surface area contributed by atoms with E-state index in [4.69, 9.17) is 10.7 Å². The van der Waals surface area contributed by atoms with Crippen molar-refractivity contribution in [3.63, 3.8) is 0 Å². The normalized spacial score (nSPS) is 21.5. The van der Waals surface area contributed by atoms with Crippen LogP contribution in [0.15, 0.2) is 23.1 Å². The average Bonchev–Trinajstić information content (AvgIpc) is 2.82. The lowest BCUT2D eigenvalue weighted by Crippen LogP contribution is -2.18. The van der Waals surface area contributed by atoms with Gasteiger partial charge in [0.15, 0.2) is 0 Å². The lowest BCUT2D eigenvalue weighted by Gasteiger charge is -2.23. The van der Waals surface area contributed by atoms with Crippen LogP contribution in [0.3, 0.4) is 0 Å². The van der Waals surface area contributed by atoms with Crippen molar-refractivity contribution >= 4 is 19.7 Å². The molecule has 2 atom stereocenters. The van der Waals surface area contributed by atoms with E-state index in [0.717, 1.165) is 32.0 Å². The molecule has 1 aromatic rings. The minimum Gasteiger partial charge on any atom is -0.316 e. The van der Waals surface area contributed by atoms with Crippen LogP contribution in [-0.4, -0.2) is 21.5 Å². The summed E-state index contributed by atoms with van der Waals surface area (Å²) in [6.07, 6.45) is 1.73. The van der Waals surface area contributed by atoms with Crippen LogP contribution in [0.5, 0.6) is 0 Å². The van der Waals surface area contributed by atoms with Crippen molar-refractivity contribution in [2.75, 3.05) is 13.1 Å². The Labute approximate surface area is 117 Å². The summed E-state index contributed by atoms with van der Waals surface area (Å²) in [7, 11) is 1.61. The summed E-state index contributed by atoms with van der Waals surface area (Å²) in [6, 6.07) is 3.71. The first-order valence-corrected chi connectivity index (χ1v) is 8.69. The molecule has 19 heavy (non-hydrogen) atoms. The number of rotatable bonds is 4. The second-order valence-electron chi connectivity index (χ2n) is 4.89. The number of halogens is 2. The summed E-state index contributed by atoms with van der Waals surface area (Å²) in [5.41, 5.74) is 0.506. The van der Waals surface area contributed by atoms with Crippen molar-refractivity contribution in [2.45, 2.75) is 30.6 Å². The van der Waals surface area contributed by atoms with E-state index in [1.54, 1.807) is 0 Å². The summed E-state index contributed by atoms with van der Waals surface area (Å²) in [5, 5.41) is 3.25. The maximum atomic E-state index is 13.5. The molecule has 1 saturated heterocycles. The summed E-state index contributed by atoms with van der Waals surface area (Å²) in [4.78, 5) is 0.0364. The van der Waals surface area contributed by atoms with Crippen LogP contribution in [0.25, 0.3) is 0 Å².